The second-order valence-electron chi connectivity index (χ2n) is 4.10. The molecule has 0 aromatic heterocycles. The number of aromatic hydroxyl groups is 1. The summed E-state index contributed by atoms with van der Waals surface area (Å²) in [5.74, 6) is 1.39. The number of aliphatic hydroxyl groups is 1. The molecule has 1 unspecified atom stereocenters. The second kappa shape index (κ2) is 5.63. The Morgan fingerprint density at radius 3 is 2.21 bits per heavy atom. The summed E-state index contributed by atoms with van der Waals surface area (Å²) >= 11 is 0. The van der Waals surface area contributed by atoms with Crippen LogP contribution in [-0.2, 0) is 0 Å². The molecule has 2 rings (SSSR count). The fourth-order valence-electron chi connectivity index (χ4n) is 1.88. The normalized spacial score (nSPS) is 11.9. The van der Waals surface area contributed by atoms with Gasteiger partial charge in [0, 0.05) is 11.6 Å². The van der Waals surface area contributed by atoms with Gasteiger partial charge in [0.1, 0.15) is 23.4 Å². The number of methoxy groups -OCH3 is 2. The smallest absolute Gasteiger partial charge is 0.128 e. The Morgan fingerprint density at radius 2 is 1.63 bits per heavy atom. The molecule has 0 amide bonds. The number of hydrogen-bond acceptors (Lipinski definition) is 4. The van der Waals surface area contributed by atoms with Gasteiger partial charge in [0.05, 0.1) is 14.2 Å². The molecular formula is C15H16O4. The molecule has 0 fully saturated rings. The molecule has 2 aromatic rings. The number of hydrogen-bond donors (Lipinski definition) is 2. The van der Waals surface area contributed by atoms with E-state index in [0.717, 1.165) is 0 Å². The SMILES string of the molecule is COc1ccc(C(O)c2ccc(O)cc2)c(OC)c1. The fraction of sp³-hybridized carbons (Fsp3) is 0.200. The van der Waals surface area contributed by atoms with Crippen LogP contribution in [0.2, 0.25) is 0 Å². The second-order valence-corrected chi connectivity index (χ2v) is 4.10. The van der Waals surface area contributed by atoms with Crippen molar-refractivity contribution in [2.24, 2.45) is 0 Å². The lowest BCUT2D eigenvalue weighted by molar-refractivity contribution is 0.214. The topological polar surface area (TPSA) is 58.9 Å². The molecule has 4 heteroatoms. The lowest BCUT2D eigenvalue weighted by atomic mass is 10.0. The summed E-state index contributed by atoms with van der Waals surface area (Å²) in [6, 6.07) is 11.7. The first-order chi connectivity index (χ1) is 9.15. The van der Waals surface area contributed by atoms with E-state index in [9.17, 15) is 10.2 Å². The highest BCUT2D eigenvalue weighted by atomic mass is 16.5. The number of rotatable bonds is 4. The molecule has 0 aliphatic carbocycles. The van der Waals surface area contributed by atoms with Crippen molar-refractivity contribution in [2.45, 2.75) is 6.10 Å². The number of ether oxygens (including phenoxy) is 2. The molecule has 4 nitrogen and oxygen atoms in total. The zero-order chi connectivity index (χ0) is 13.8. The van der Waals surface area contributed by atoms with Crippen LogP contribution in [0, 0.1) is 0 Å². The van der Waals surface area contributed by atoms with Crippen molar-refractivity contribution >= 4 is 0 Å². The molecule has 0 spiro atoms. The number of benzene rings is 2. The first-order valence-electron chi connectivity index (χ1n) is 5.84. The van der Waals surface area contributed by atoms with Gasteiger partial charge >= 0.3 is 0 Å². The van der Waals surface area contributed by atoms with E-state index < -0.39 is 6.10 Å². The average molecular weight is 260 g/mol. The molecule has 0 radical (unpaired) electrons. The summed E-state index contributed by atoms with van der Waals surface area (Å²) in [7, 11) is 3.12. The van der Waals surface area contributed by atoms with Crippen LogP contribution in [0.25, 0.3) is 0 Å². The van der Waals surface area contributed by atoms with E-state index in [4.69, 9.17) is 9.47 Å². The van der Waals surface area contributed by atoms with Crippen molar-refractivity contribution in [3.8, 4) is 17.2 Å². The Hall–Kier alpha value is -2.20. The molecule has 0 bridgehead atoms. The maximum Gasteiger partial charge on any atom is 0.128 e. The van der Waals surface area contributed by atoms with E-state index >= 15 is 0 Å². The highest BCUT2D eigenvalue weighted by Gasteiger charge is 2.16. The highest BCUT2D eigenvalue weighted by Crippen LogP contribution is 2.33. The van der Waals surface area contributed by atoms with Crippen LogP contribution in [0.5, 0.6) is 17.2 Å². The van der Waals surface area contributed by atoms with Gasteiger partial charge in [-0.3, -0.25) is 0 Å². The molecule has 0 aliphatic rings. The van der Waals surface area contributed by atoms with Crippen LogP contribution >= 0.6 is 0 Å². The van der Waals surface area contributed by atoms with E-state index in [1.54, 1.807) is 44.6 Å². The molecule has 100 valence electrons. The van der Waals surface area contributed by atoms with E-state index in [-0.39, 0.29) is 5.75 Å². The third-order valence-electron chi connectivity index (χ3n) is 2.94. The summed E-state index contributed by atoms with van der Waals surface area (Å²) in [6.07, 6.45) is -0.818. The number of phenolic OH excluding ortho intramolecular Hbond substituents is 1. The van der Waals surface area contributed by atoms with Crippen LogP contribution in [0.1, 0.15) is 17.2 Å². The average Bonchev–Trinajstić information content (AvgIpc) is 2.46. The first kappa shape index (κ1) is 13.2. The fourth-order valence-corrected chi connectivity index (χ4v) is 1.88. The third-order valence-corrected chi connectivity index (χ3v) is 2.94. The van der Waals surface area contributed by atoms with E-state index in [1.807, 2.05) is 0 Å². The van der Waals surface area contributed by atoms with Crippen LogP contribution in [0.3, 0.4) is 0 Å². The number of phenols is 1. The van der Waals surface area contributed by atoms with Gasteiger partial charge in [0.25, 0.3) is 0 Å². The number of aliphatic hydroxyl groups excluding tert-OH is 1. The van der Waals surface area contributed by atoms with Crippen molar-refractivity contribution in [2.75, 3.05) is 14.2 Å². The molecule has 0 aliphatic heterocycles. The van der Waals surface area contributed by atoms with Gasteiger partial charge in [-0.15, -0.1) is 0 Å². The molecule has 19 heavy (non-hydrogen) atoms. The Labute approximate surface area is 111 Å². The maximum absolute atomic E-state index is 10.4. The van der Waals surface area contributed by atoms with Crippen LogP contribution < -0.4 is 9.47 Å². The minimum absolute atomic E-state index is 0.164. The monoisotopic (exact) mass is 260 g/mol. The van der Waals surface area contributed by atoms with Gasteiger partial charge in [-0.25, -0.2) is 0 Å². The molecule has 0 heterocycles. The highest BCUT2D eigenvalue weighted by molar-refractivity contribution is 5.45. The zero-order valence-electron chi connectivity index (χ0n) is 10.8. The quantitative estimate of drug-likeness (QED) is 0.886. The summed E-state index contributed by atoms with van der Waals surface area (Å²) < 4.78 is 10.4. The van der Waals surface area contributed by atoms with Crippen molar-refractivity contribution in [1.29, 1.82) is 0 Å². The molecule has 2 N–H and O–H groups in total. The van der Waals surface area contributed by atoms with Crippen LogP contribution in [0.15, 0.2) is 42.5 Å². The van der Waals surface area contributed by atoms with Crippen LogP contribution in [-0.4, -0.2) is 24.4 Å². The third kappa shape index (κ3) is 2.80. The summed E-state index contributed by atoms with van der Waals surface area (Å²) in [5, 5.41) is 19.6. The molecule has 2 aromatic carbocycles. The molecule has 0 saturated carbocycles. The van der Waals surface area contributed by atoms with E-state index in [0.29, 0.717) is 22.6 Å². The minimum atomic E-state index is -0.818. The maximum atomic E-state index is 10.4. The summed E-state index contributed by atoms with van der Waals surface area (Å²) in [4.78, 5) is 0. The van der Waals surface area contributed by atoms with Gasteiger partial charge < -0.3 is 19.7 Å². The van der Waals surface area contributed by atoms with E-state index in [2.05, 4.69) is 0 Å². The van der Waals surface area contributed by atoms with Crippen molar-refractivity contribution in [3.05, 3.63) is 53.6 Å². The lowest BCUT2D eigenvalue weighted by Gasteiger charge is -2.16. The Morgan fingerprint density at radius 1 is 0.947 bits per heavy atom. The van der Waals surface area contributed by atoms with Gasteiger partial charge in [-0.1, -0.05) is 12.1 Å². The Bertz CT molecular complexity index is 549. The summed E-state index contributed by atoms with van der Waals surface area (Å²) in [6.45, 7) is 0. The minimum Gasteiger partial charge on any atom is -0.508 e. The molecular weight excluding hydrogens is 244 g/mol. The zero-order valence-corrected chi connectivity index (χ0v) is 10.8. The van der Waals surface area contributed by atoms with Crippen molar-refractivity contribution in [3.63, 3.8) is 0 Å². The van der Waals surface area contributed by atoms with Crippen molar-refractivity contribution < 1.29 is 19.7 Å². The Kier molecular flexibility index (Phi) is 3.92. The standard InChI is InChI=1S/C15H16O4/c1-18-12-7-8-13(14(9-12)19-2)15(17)10-3-5-11(16)6-4-10/h3-9,15-17H,1-2H3. The van der Waals surface area contributed by atoms with Gasteiger partial charge in [-0.05, 0) is 29.8 Å². The predicted molar refractivity (Wildman–Crippen MR) is 71.7 cm³/mol. The lowest BCUT2D eigenvalue weighted by Crippen LogP contribution is -2.02. The first-order valence-corrected chi connectivity index (χ1v) is 5.84. The van der Waals surface area contributed by atoms with Gasteiger partial charge in [0.2, 0.25) is 0 Å². The molecule has 1 atom stereocenters. The Balaban J connectivity index is 2.37. The predicted octanol–water partition coefficient (Wildman–Crippen LogP) is 2.49. The molecule has 0 saturated heterocycles. The largest absolute Gasteiger partial charge is 0.508 e. The van der Waals surface area contributed by atoms with Crippen LogP contribution in [0.4, 0.5) is 0 Å². The van der Waals surface area contributed by atoms with E-state index in [1.165, 1.54) is 12.1 Å². The summed E-state index contributed by atoms with van der Waals surface area (Å²) in [5.41, 5.74) is 1.33. The van der Waals surface area contributed by atoms with Gasteiger partial charge in [0.15, 0.2) is 0 Å². The van der Waals surface area contributed by atoms with Crippen molar-refractivity contribution in [1.82, 2.24) is 0 Å². The van der Waals surface area contributed by atoms with Gasteiger partial charge in [-0.2, -0.15) is 0 Å².